The lowest BCUT2D eigenvalue weighted by molar-refractivity contribution is 0.414. The number of aromatic nitrogens is 2. The average Bonchev–Trinajstić information content (AvgIpc) is 2.78. The standard InChI is InChI=1S/C10H18N4S/c1-2-9-12-10(15-13-9)14-5-3-8(7-11)4-6-14/h8H,2-7,11H2,1H3. The molecule has 2 N–H and O–H groups in total. The normalized spacial score (nSPS) is 18.4. The minimum Gasteiger partial charge on any atom is -0.347 e. The Morgan fingerprint density at radius 2 is 2.20 bits per heavy atom. The van der Waals surface area contributed by atoms with Gasteiger partial charge in [-0.15, -0.1) is 0 Å². The van der Waals surface area contributed by atoms with Crippen LogP contribution in [0.4, 0.5) is 5.13 Å². The maximum absolute atomic E-state index is 5.67. The van der Waals surface area contributed by atoms with Crippen molar-refractivity contribution in [1.29, 1.82) is 0 Å². The summed E-state index contributed by atoms with van der Waals surface area (Å²) < 4.78 is 4.31. The van der Waals surface area contributed by atoms with Gasteiger partial charge in [0.2, 0.25) is 5.13 Å². The van der Waals surface area contributed by atoms with Crippen molar-refractivity contribution in [1.82, 2.24) is 9.36 Å². The monoisotopic (exact) mass is 226 g/mol. The molecule has 0 aromatic carbocycles. The first-order valence-corrected chi connectivity index (χ1v) is 6.38. The third-order valence-electron chi connectivity index (χ3n) is 2.99. The molecule has 0 aliphatic carbocycles. The number of aryl methyl sites for hydroxylation is 1. The Morgan fingerprint density at radius 3 is 2.73 bits per heavy atom. The Labute approximate surface area is 94.7 Å². The molecule has 1 saturated heterocycles. The van der Waals surface area contributed by atoms with E-state index in [-0.39, 0.29) is 0 Å². The first kappa shape index (κ1) is 10.8. The highest BCUT2D eigenvalue weighted by atomic mass is 32.1. The van der Waals surface area contributed by atoms with Crippen LogP contribution in [0.25, 0.3) is 0 Å². The second-order valence-corrected chi connectivity index (χ2v) is 4.74. The van der Waals surface area contributed by atoms with E-state index in [2.05, 4.69) is 21.2 Å². The van der Waals surface area contributed by atoms with Crippen molar-refractivity contribution < 1.29 is 0 Å². The summed E-state index contributed by atoms with van der Waals surface area (Å²) >= 11 is 1.52. The first-order chi connectivity index (χ1) is 7.33. The predicted octanol–water partition coefficient (Wildman–Crippen LogP) is 1.28. The minimum atomic E-state index is 0.708. The fourth-order valence-corrected chi connectivity index (χ4v) is 2.68. The van der Waals surface area contributed by atoms with Crippen molar-refractivity contribution in [3.63, 3.8) is 0 Å². The number of nitrogens with two attached hydrogens (primary N) is 1. The molecule has 0 saturated carbocycles. The molecule has 0 radical (unpaired) electrons. The van der Waals surface area contributed by atoms with E-state index in [4.69, 9.17) is 5.73 Å². The lowest BCUT2D eigenvalue weighted by Crippen LogP contribution is -2.36. The SMILES string of the molecule is CCc1nsc(N2CCC(CN)CC2)n1. The van der Waals surface area contributed by atoms with Crippen molar-refractivity contribution in [3.8, 4) is 0 Å². The summed E-state index contributed by atoms with van der Waals surface area (Å²) in [4.78, 5) is 6.84. The summed E-state index contributed by atoms with van der Waals surface area (Å²) in [5, 5.41) is 1.09. The van der Waals surface area contributed by atoms with E-state index in [0.29, 0.717) is 5.92 Å². The highest BCUT2D eigenvalue weighted by Crippen LogP contribution is 2.24. The summed E-state index contributed by atoms with van der Waals surface area (Å²) in [7, 11) is 0. The quantitative estimate of drug-likeness (QED) is 0.843. The van der Waals surface area contributed by atoms with E-state index in [9.17, 15) is 0 Å². The van der Waals surface area contributed by atoms with E-state index in [0.717, 1.165) is 37.0 Å². The number of nitrogens with zero attached hydrogens (tertiary/aromatic N) is 3. The summed E-state index contributed by atoms with van der Waals surface area (Å²) in [5.74, 6) is 1.68. The molecule has 84 valence electrons. The smallest absolute Gasteiger partial charge is 0.205 e. The minimum absolute atomic E-state index is 0.708. The van der Waals surface area contributed by atoms with Gasteiger partial charge >= 0.3 is 0 Å². The average molecular weight is 226 g/mol. The van der Waals surface area contributed by atoms with Gasteiger partial charge in [0, 0.05) is 31.0 Å². The van der Waals surface area contributed by atoms with E-state index in [1.54, 1.807) is 0 Å². The number of piperidine rings is 1. The number of rotatable bonds is 3. The highest BCUT2D eigenvalue weighted by Gasteiger charge is 2.20. The van der Waals surface area contributed by atoms with Crippen LogP contribution in [0, 0.1) is 5.92 Å². The Morgan fingerprint density at radius 1 is 1.47 bits per heavy atom. The van der Waals surface area contributed by atoms with Gasteiger partial charge in [-0.1, -0.05) is 6.92 Å². The third kappa shape index (κ3) is 2.46. The molecule has 0 unspecified atom stereocenters. The topological polar surface area (TPSA) is 55.0 Å². The molecule has 1 aromatic heterocycles. The van der Waals surface area contributed by atoms with Gasteiger partial charge in [-0.25, -0.2) is 4.98 Å². The third-order valence-corrected chi connectivity index (χ3v) is 3.81. The van der Waals surface area contributed by atoms with Crippen LogP contribution in [0.1, 0.15) is 25.6 Å². The maximum Gasteiger partial charge on any atom is 0.205 e. The van der Waals surface area contributed by atoms with Gasteiger partial charge in [-0.05, 0) is 25.3 Å². The van der Waals surface area contributed by atoms with Crippen LogP contribution in [0.2, 0.25) is 0 Å². The molecule has 1 aliphatic heterocycles. The molecule has 1 aromatic rings. The van der Waals surface area contributed by atoms with Crippen LogP contribution in [0.5, 0.6) is 0 Å². The summed E-state index contributed by atoms with van der Waals surface area (Å²) in [6.45, 7) is 5.08. The molecule has 2 rings (SSSR count). The van der Waals surface area contributed by atoms with Crippen molar-refractivity contribution in [3.05, 3.63) is 5.82 Å². The molecule has 0 spiro atoms. The van der Waals surface area contributed by atoms with Gasteiger partial charge in [-0.3, -0.25) is 0 Å². The molecular weight excluding hydrogens is 208 g/mol. The van der Waals surface area contributed by atoms with Gasteiger partial charge in [-0.2, -0.15) is 4.37 Å². The van der Waals surface area contributed by atoms with Crippen molar-refractivity contribution in [2.75, 3.05) is 24.5 Å². The Balaban J connectivity index is 1.95. The van der Waals surface area contributed by atoms with Crippen LogP contribution >= 0.6 is 11.5 Å². The fraction of sp³-hybridized carbons (Fsp3) is 0.800. The van der Waals surface area contributed by atoms with Crippen LogP contribution in [-0.4, -0.2) is 29.0 Å². The molecule has 1 aliphatic rings. The molecular formula is C10H18N4S. The highest BCUT2D eigenvalue weighted by molar-refractivity contribution is 7.09. The van der Waals surface area contributed by atoms with E-state index < -0.39 is 0 Å². The van der Waals surface area contributed by atoms with E-state index in [1.807, 2.05) is 0 Å². The lowest BCUT2D eigenvalue weighted by atomic mass is 9.98. The van der Waals surface area contributed by atoms with Gasteiger partial charge in [0.05, 0.1) is 0 Å². The Bertz CT molecular complexity index is 304. The maximum atomic E-state index is 5.67. The second kappa shape index (κ2) is 4.90. The van der Waals surface area contributed by atoms with Crippen molar-refractivity contribution in [2.24, 2.45) is 11.7 Å². The molecule has 5 heteroatoms. The largest absolute Gasteiger partial charge is 0.347 e. The van der Waals surface area contributed by atoms with Gasteiger partial charge < -0.3 is 10.6 Å². The number of anilines is 1. The second-order valence-electron chi connectivity index (χ2n) is 4.01. The van der Waals surface area contributed by atoms with Crippen LogP contribution in [0.3, 0.4) is 0 Å². The predicted molar refractivity (Wildman–Crippen MR) is 63.3 cm³/mol. The van der Waals surface area contributed by atoms with Gasteiger partial charge in [0.15, 0.2) is 0 Å². The van der Waals surface area contributed by atoms with Crippen LogP contribution in [0.15, 0.2) is 0 Å². The van der Waals surface area contributed by atoms with Gasteiger partial charge in [0.25, 0.3) is 0 Å². The fourth-order valence-electron chi connectivity index (χ4n) is 1.88. The molecule has 2 heterocycles. The molecule has 0 amide bonds. The van der Waals surface area contributed by atoms with Crippen LogP contribution in [-0.2, 0) is 6.42 Å². The summed E-state index contributed by atoms with van der Waals surface area (Å²) in [5.41, 5.74) is 5.67. The Hall–Kier alpha value is -0.680. The lowest BCUT2D eigenvalue weighted by Gasteiger charge is -2.30. The first-order valence-electron chi connectivity index (χ1n) is 5.61. The van der Waals surface area contributed by atoms with E-state index in [1.165, 1.54) is 24.4 Å². The van der Waals surface area contributed by atoms with E-state index >= 15 is 0 Å². The molecule has 15 heavy (non-hydrogen) atoms. The van der Waals surface area contributed by atoms with Crippen molar-refractivity contribution >= 4 is 16.7 Å². The Kier molecular flexibility index (Phi) is 3.53. The molecule has 0 bridgehead atoms. The zero-order valence-corrected chi connectivity index (χ0v) is 9.96. The zero-order chi connectivity index (χ0) is 10.7. The number of hydrogen-bond donors (Lipinski definition) is 1. The molecule has 4 nitrogen and oxygen atoms in total. The molecule has 1 fully saturated rings. The van der Waals surface area contributed by atoms with Crippen molar-refractivity contribution in [2.45, 2.75) is 26.2 Å². The zero-order valence-electron chi connectivity index (χ0n) is 9.15. The summed E-state index contributed by atoms with van der Waals surface area (Å²) in [6, 6.07) is 0. The molecule has 0 atom stereocenters. The number of hydrogen-bond acceptors (Lipinski definition) is 5. The van der Waals surface area contributed by atoms with Gasteiger partial charge in [0.1, 0.15) is 5.82 Å². The summed E-state index contributed by atoms with van der Waals surface area (Å²) in [6.07, 6.45) is 3.31. The van der Waals surface area contributed by atoms with Crippen LogP contribution < -0.4 is 10.6 Å².